The van der Waals surface area contributed by atoms with E-state index >= 15 is 0 Å². The predicted octanol–water partition coefficient (Wildman–Crippen LogP) is 6.00. The number of ether oxygens (including phenoxy) is 1. The molecule has 6 heteroatoms. The number of benzene rings is 2. The second-order valence-electron chi connectivity index (χ2n) is 7.20. The van der Waals surface area contributed by atoms with Gasteiger partial charge in [0.25, 0.3) is 0 Å². The van der Waals surface area contributed by atoms with Gasteiger partial charge in [0.05, 0.1) is 11.9 Å². The van der Waals surface area contributed by atoms with Gasteiger partial charge in [-0.05, 0) is 54.7 Å². The van der Waals surface area contributed by atoms with Crippen LogP contribution in [0.2, 0.25) is 5.02 Å². The van der Waals surface area contributed by atoms with Crippen molar-refractivity contribution in [1.82, 2.24) is 19.7 Å². The molecule has 2 aromatic heterocycles. The van der Waals surface area contributed by atoms with Crippen molar-refractivity contribution in [2.24, 2.45) is 0 Å². The largest absolute Gasteiger partial charge is 0.438 e. The van der Waals surface area contributed by atoms with Gasteiger partial charge in [-0.15, -0.1) is 0 Å². The Morgan fingerprint density at radius 2 is 1.86 bits per heavy atom. The molecule has 0 atom stereocenters. The van der Waals surface area contributed by atoms with Crippen molar-refractivity contribution in [1.29, 1.82) is 0 Å². The second kappa shape index (κ2) is 7.24. The van der Waals surface area contributed by atoms with E-state index in [9.17, 15) is 0 Å². The number of aromatic nitrogens is 4. The normalized spacial score (nSPS) is 11.4. The predicted molar refractivity (Wildman–Crippen MR) is 112 cm³/mol. The first-order valence-electron chi connectivity index (χ1n) is 9.17. The third kappa shape index (κ3) is 3.34. The third-order valence-corrected chi connectivity index (χ3v) is 4.96. The maximum Gasteiger partial charge on any atom is 0.233 e. The van der Waals surface area contributed by atoms with E-state index in [1.165, 1.54) is 6.33 Å². The zero-order chi connectivity index (χ0) is 19.8. The van der Waals surface area contributed by atoms with Crippen molar-refractivity contribution in [3.63, 3.8) is 0 Å². The van der Waals surface area contributed by atoms with Gasteiger partial charge in [0.1, 0.15) is 17.5 Å². The molecule has 0 aliphatic carbocycles. The minimum absolute atomic E-state index is 0.338. The summed E-state index contributed by atoms with van der Waals surface area (Å²) in [6.07, 6.45) is 3.23. The van der Waals surface area contributed by atoms with Crippen molar-refractivity contribution in [2.75, 3.05) is 0 Å². The van der Waals surface area contributed by atoms with Gasteiger partial charge in [-0.2, -0.15) is 5.10 Å². The fraction of sp³-hybridized carbons (Fsp3) is 0.227. The molecule has 2 heterocycles. The van der Waals surface area contributed by atoms with Gasteiger partial charge in [0.2, 0.25) is 5.88 Å². The summed E-state index contributed by atoms with van der Waals surface area (Å²) in [5, 5.41) is 5.92. The maximum absolute atomic E-state index is 6.24. The SMILES string of the molecule is Cc1ccc(C(C)C)c(Oc2ncnc3c2cnn3-c2cc(Cl)ccc2C)c1. The van der Waals surface area contributed by atoms with Crippen LogP contribution in [0.1, 0.15) is 36.5 Å². The molecular formula is C22H21ClN4O. The van der Waals surface area contributed by atoms with Crippen molar-refractivity contribution >= 4 is 22.6 Å². The molecule has 0 fully saturated rings. The highest BCUT2D eigenvalue weighted by molar-refractivity contribution is 6.30. The average Bonchev–Trinajstić information content (AvgIpc) is 3.08. The second-order valence-corrected chi connectivity index (χ2v) is 7.64. The molecule has 142 valence electrons. The van der Waals surface area contributed by atoms with Gasteiger partial charge in [-0.25, -0.2) is 14.6 Å². The molecule has 0 aliphatic heterocycles. The molecule has 0 saturated carbocycles. The Morgan fingerprint density at radius 1 is 1.04 bits per heavy atom. The molecule has 4 rings (SSSR count). The lowest BCUT2D eigenvalue weighted by Crippen LogP contribution is -2.01. The summed E-state index contributed by atoms with van der Waals surface area (Å²) >= 11 is 6.19. The topological polar surface area (TPSA) is 52.8 Å². The maximum atomic E-state index is 6.24. The van der Waals surface area contributed by atoms with Crippen LogP contribution in [0.25, 0.3) is 16.7 Å². The number of aryl methyl sites for hydroxylation is 2. The first-order valence-corrected chi connectivity index (χ1v) is 9.55. The highest BCUT2D eigenvalue weighted by Crippen LogP contribution is 2.34. The van der Waals surface area contributed by atoms with Crippen molar-refractivity contribution < 1.29 is 4.74 Å². The lowest BCUT2D eigenvalue weighted by atomic mass is 10.0. The fourth-order valence-corrected chi connectivity index (χ4v) is 3.37. The van der Waals surface area contributed by atoms with Crippen molar-refractivity contribution in [3.05, 3.63) is 70.6 Å². The zero-order valence-electron chi connectivity index (χ0n) is 16.3. The summed E-state index contributed by atoms with van der Waals surface area (Å²) < 4.78 is 8.01. The first-order chi connectivity index (χ1) is 13.4. The summed E-state index contributed by atoms with van der Waals surface area (Å²) in [4.78, 5) is 8.80. The standard InChI is InChI=1S/C22H21ClN4O/c1-13(2)17-8-5-14(3)9-20(17)28-22-18-11-26-27(21(18)24-12-25-22)19-10-16(23)7-6-15(19)4/h5-13H,1-4H3. The average molecular weight is 393 g/mol. The molecule has 0 bridgehead atoms. The molecule has 0 radical (unpaired) electrons. The van der Waals surface area contributed by atoms with E-state index in [1.54, 1.807) is 10.9 Å². The van der Waals surface area contributed by atoms with Crippen LogP contribution in [-0.4, -0.2) is 19.7 Å². The Balaban J connectivity index is 1.82. The molecule has 0 unspecified atom stereocenters. The van der Waals surface area contributed by atoms with Crippen molar-refractivity contribution in [2.45, 2.75) is 33.6 Å². The van der Waals surface area contributed by atoms with Gasteiger partial charge >= 0.3 is 0 Å². The number of rotatable bonds is 4. The van der Waals surface area contributed by atoms with Crippen molar-refractivity contribution in [3.8, 4) is 17.3 Å². The molecule has 0 saturated heterocycles. The number of hydrogen-bond acceptors (Lipinski definition) is 4. The monoisotopic (exact) mass is 392 g/mol. The van der Waals surface area contributed by atoms with E-state index in [4.69, 9.17) is 16.3 Å². The molecular weight excluding hydrogens is 372 g/mol. The molecule has 0 aliphatic rings. The Kier molecular flexibility index (Phi) is 4.77. The summed E-state index contributed by atoms with van der Waals surface area (Å²) in [6, 6.07) is 11.9. The molecule has 4 aromatic rings. The van der Waals surface area contributed by atoms with Crippen LogP contribution in [0.15, 0.2) is 48.9 Å². The smallest absolute Gasteiger partial charge is 0.233 e. The van der Waals surface area contributed by atoms with E-state index in [2.05, 4.69) is 41.0 Å². The van der Waals surface area contributed by atoms with Crippen LogP contribution in [0.5, 0.6) is 11.6 Å². The summed E-state index contributed by atoms with van der Waals surface area (Å²) in [6.45, 7) is 8.35. The minimum Gasteiger partial charge on any atom is -0.438 e. The van der Waals surface area contributed by atoms with Gasteiger partial charge in [0.15, 0.2) is 5.65 Å². The Bertz CT molecular complexity index is 1170. The Morgan fingerprint density at radius 3 is 2.64 bits per heavy atom. The van der Waals surface area contributed by atoms with Gasteiger partial charge in [0, 0.05) is 5.02 Å². The molecule has 0 amide bonds. The van der Waals surface area contributed by atoms with Gasteiger partial charge in [-0.1, -0.05) is 43.6 Å². The van der Waals surface area contributed by atoms with Crippen LogP contribution in [-0.2, 0) is 0 Å². The number of fused-ring (bicyclic) bond motifs is 1. The molecule has 5 nitrogen and oxygen atoms in total. The van der Waals surface area contributed by atoms with Crippen LogP contribution < -0.4 is 4.74 Å². The van der Waals surface area contributed by atoms with Gasteiger partial charge < -0.3 is 4.74 Å². The summed E-state index contributed by atoms with van der Waals surface area (Å²) in [5.74, 6) is 1.63. The zero-order valence-corrected chi connectivity index (χ0v) is 17.0. The van der Waals surface area contributed by atoms with Crippen LogP contribution in [0.4, 0.5) is 0 Å². The Labute approximate surface area is 169 Å². The molecule has 2 aromatic carbocycles. The molecule has 0 N–H and O–H groups in total. The highest BCUT2D eigenvalue weighted by Gasteiger charge is 2.16. The van der Waals surface area contributed by atoms with Crippen LogP contribution >= 0.6 is 11.6 Å². The first kappa shape index (κ1) is 18.4. The quantitative estimate of drug-likeness (QED) is 0.427. The fourth-order valence-electron chi connectivity index (χ4n) is 3.20. The minimum atomic E-state index is 0.338. The molecule has 28 heavy (non-hydrogen) atoms. The Hall–Kier alpha value is -2.92. The van der Waals surface area contributed by atoms with Gasteiger partial charge in [-0.3, -0.25) is 0 Å². The number of hydrogen-bond donors (Lipinski definition) is 0. The number of halogens is 1. The summed E-state index contributed by atoms with van der Waals surface area (Å²) in [7, 11) is 0. The van der Waals surface area contributed by atoms with E-state index in [0.29, 0.717) is 22.5 Å². The van der Waals surface area contributed by atoms with Crippen LogP contribution in [0, 0.1) is 13.8 Å². The molecule has 0 spiro atoms. The van der Waals surface area contributed by atoms with Crippen LogP contribution in [0.3, 0.4) is 0 Å². The van der Waals surface area contributed by atoms with E-state index in [-0.39, 0.29) is 0 Å². The van der Waals surface area contributed by atoms with E-state index in [0.717, 1.165) is 33.5 Å². The van der Waals surface area contributed by atoms with E-state index in [1.807, 2.05) is 38.1 Å². The third-order valence-electron chi connectivity index (χ3n) is 4.73. The highest BCUT2D eigenvalue weighted by atomic mass is 35.5. The summed E-state index contributed by atoms with van der Waals surface area (Å²) in [5.41, 5.74) is 4.88. The number of nitrogens with zero attached hydrogens (tertiary/aromatic N) is 4. The lowest BCUT2D eigenvalue weighted by molar-refractivity contribution is 0.459. The lowest BCUT2D eigenvalue weighted by Gasteiger charge is -2.14. The van der Waals surface area contributed by atoms with E-state index < -0.39 is 0 Å².